The van der Waals surface area contributed by atoms with Gasteiger partial charge in [0.15, 0.2) is 12.0 Å². The number of nitro groups is 1. The first-order valence-electron chi connectivity index (χ1n) is 9.74. The molecule has 0 unspecified atom stereocenters. The predicted octanol–water partition coefficient (Wildman–Crippen LogP) is 1.92. The normalized spacial score (nSPS) is 14.3. The molecule has 0 heterocycles. The number of ketones is 1. The summed E-state index contributed by atoms with van der Waals surface area (Å²) in [5.41, 5.74) is 4.88. The van der Waals surface area contributed by atoms with E-state index >= 15 is 0 Å². The lowest BCUT2D eigenvalue weighted by Crippen LogP contribution is -2.67. The molecule has 2 aromatic carbocycles. The number of allylic oxidation sites excluding steroid dienone is 4. The first kappa shape index (κ1) is 21.7. The quantitative estimate of drug-likeness (QED) is 0.336. The average Bonchev–Trinajstić information content (AvgIpc) is 2.75. The van der Waals surface area contributed by atoms with E-state index in [1.54, 1.807) is 0 Å². The van der Waals surface area contributed by atoms with Crippen molar-refractivity contribution in [3.63, 3.8) is 0 Å². The largest absolute Gasteiger partial charge is 0.378 e. The Hall–Kier alpha value is -4.00. The third-order valence-electron chi connectivity index (χ3n) is 4.92. The first-order chi connectivity index (χ1) is 14.8. The molecule has 2 aromatic rings. The molecule has 7 nitrogen and oxygen atoms in total. The molecule has 1 N–H and O–H groups in total. The number of nitrogens with one attached hydrogen (secondary N) is 1. The molecular weight excluding hydrogens is 392 g/mol. The van der Waals surface area contributed by atoms with Crippen molar-refractivity contribution in [3.8, 4) is 0 Å². The third-order valence-corrected chi connectivity index (χ3v) is 4.92. The van der Waals surface area contributed by atoms with Crippen LogP contribution in [0.15, 0.2) is 84.2 Å². The molecule has 1 aliphatic rings. The number of carbonyl (C=O) groups excluding carboxylic acids is 1. The Morgan fingerprint density at radius 1 is 0.871 bits per heavy atom. The summed E-state index contributed by atoms with van der Waals surface area (Å²) in [6.07, 6.45) is 5.22. The third kappa shape index (κ3) is 5.14. The highest BCUT2D eigenvalue weighted by atomic mass is 16.6. The van der Waals surface area contributed by atoms with Gasteiger partial charge in [-0.2, -0.15) is 0 Å². The van der Waals surface area contributed by atoms with Crippen molar-refractivity contribution >= 4 is 22.9 Å². The Labute approximate surface area is 181 Å². The summed E-state index contributed by atoms with van der Waals surface area (Å²) in [5, 5.41) is 11.1. The number of hydrogen-bond acceptors (Lipinski definition) is 5. The number of benzene rings is 2. The Kier molecular flexibility index (Phi) is 6.45. The summed E-state index contributed by atoms with van der Waals surface area (Å²) in [5.74, 6) is -0.289. The zero-order valence-electron chi connectivity index (χ0n) is 18.0. The summed E-state index contributed by atoms with van der Waals surface area (Å²) in [6, 6.07) is 16.0. The van der Waals surface area contributed by atoms with Crippen molar-refractivity contribution in [2.45, 2.75) is 0 Å². The second-order valence-electron chi connectivity index (χ2n) is 7.53. The SMILES string of the molecule is CN(C)c1ccc(C(=[NH+]C=C2C=C([N+](=O)[O-])C=CC2=O)c2ccc(N(C)C)cc2)cc1. The van der Waals surface area contributed by atoms with Gasteiger partial charge in [-0.3, -0.25) is 14.9 Å². The zero-order valence-corrected chi connectivity index (χ0v) is 18.0. The summed E-state index contributed by atoms with van der Waals surface area (Å²) in [6.45, 7) is 0. The maximum absolute atomic E-state index is 12.2. The molecule has 1 aliphatic carbocycles. The van der Waals surface area contributed by atoms with Gasteiger partial charge in [0.2, 0.25) is 5.71 Å². The molecule has 0 aromatic heterocycles. The molecular formula is C24H25N4O3+. The highest BCUT2D eigenvalue weighted by Crippen LogP contribution is 2.17. The van der Waals surface area contributed by atoms with Crippen LogP contribution in [0.1, 0.15) is 11.1 Å². The number of carbonyl (C=O) groups is 1. The lowest BCUT2D eigenvalue weighted by atomic mass is 10.0. The van der Waals surface area contributed by atoms with E-state index in [9.17, 15) is 14.9 Å². The molecule has 0 bridgehead atoms. The number of rotatable bonds is 6. The zero-order chi connectivity index (χ0) is 22.5. The Morgan fingerprint density at radius 3 is 1.77 bits per heavy atom. The lowest BCUT2D eigenvalue weighted by Gasteiger charge is -2.13. The van der Waals surface area contributed by atoms with Crippen LogP contribution in [-0.4, -0.2) is 44.6 Å². The van der Waals surface area contributed by atoms with Gasteiger partial charge in [0.1, 0.15) is 0 Å². The fourth-order valence-electron chi connectivity index (χ4n) is 3.10. The summed E-state index contributed by atoms with van der Waals surface area (Å²) in [7, 11) is 7.90. The Morgan fingerprint density at radius 2 is 1.35 bits per heavy atom. The molecule has 0 saturated carbocycles. The molecule has 0 spiro atoms. The van der Waals surface area contributed by atoms with E-state index in [4.69, 9.17) is 0 Å². The van der Waals surface area contributed by atoms with Gasteiger partial charge in [-0.25, -0.2) is 4.99 Å². The highest BCUT2D eigenvalue weighted by molar-refractivity contribution is 6.10. The monoisotopic (exact) mass is 417 g/mol. The van der Waals surface area contributed by atoms with Gasteiger partial charge >= 0.3 is 0 Å². The van der Waals surface area contributed by atoms with Gasteiger partial charge in [-0.15, -0.1) is 0 Å². The van der Waals surface area contributed by atoms with Crippen molar-refractivity contribution in [2.24, 2.45) is 0 Å². The molecule has 0 saturated heterocycles. The van der Waals surface area contributed by atoms with Crippen LogP contribution in [0.2, 0.25) is 0 Å². The molecule has 0 radical (unpaired) electrons. The fraction of sp³-hybridized carbons (Fsp3) is 0.167. The highest BCUT2D eigenvalue weighted by Gasteiger charge is 2.20. The van der Waals surface area contributed by atoms with Crippen LogP contribution < -0.4 is 14.8 Å². The number of anilines is 2. The molecule has 158 valence electrons. The van der Waals surface area contributed by atoms with Crippen LogP contribution in [0.3, 0.4) is 0 Å². The number of hydrogen-bond donors (Lipinski definition) is 1. The van der Waals surface area contributed by atoms with Crippen molar-refractivity contribution in [1.29, 1.82) is 0 Å². The second kappa shape index (κ2) is 9.21. The fourth-order valence-corrected chi connectivity index (χ4v) is 3.10. The summed E-state index contributed by atoms with van der Waals surface area (Å²) < 4.78 is 0. The maximum atomic E-state index is 12.2. The standard InChI is InChI=1S/C24H24N4O3/c1-26(2)20-9-5-17(6-10-20)24(18-7-11-21(12-8-18)27(3)4)25-16-19-15-22(28(30)31)13-14-23(19)29/h5-16H,1-4H3/p+1. The van der Waals surface area contributed by atoms with Gasteiger partial charge in [0.05, 0.1) is 10.5 Å². The van der Waals surface area contributed by atoms with E-state index in [1.165, 1.54) is 24.4 Å². The number of nitrogens with zero attached hydrogens (tertiary/aromatic N) is 3. The van der Waals surface area contributed by atoms with E-state index in [0.717, 1.165) is 28.2 Å². The average molecular weight is 417 g/mol. The van der Waals surface area contributed by atoms with E-state index in [1.807, 2.05) is 86.5 Å². The predicted molar refractivity (Wildman–Crippen MR) is 123 cm³/mol. The molecule has 31 heavy (non-hydrogen) atoms. The first-order valence-corrected chi connectivity index (χ1v) is 9.74. The van der Waals surface area contributed by atoms with Gasteiger partial charge in [-0.1, -0.05) is 0 Å². The van der Waals surface area contributed by atoms with Crippen LogP contribution in [0, 0.1) is 10.1 Å². The van der Waals surface area contributed by atoms with Crippen molar-refractivity contribution in [1.82, 2.24) is 0 Å². The topological polar surface area (TPSA) is 80.7 Å². The molecule has 0 fully saturated rings. The Bertz CT molecular complexity index is 1050. The van der Waals surface area contributed by atoms with E-state index in [0.29, 0.717) is 0 Å². The molecule has 3 rings (SSSR count). The molecule has 0 amide bonds. The van der Waals surface area contributed by atoms with Gasteiger partial charge in [-0.05, 0) is 54.6 Å². The minimum Gasteiger partial charge on any atom is -0.378 e. The van der Waals surface area contributed by atoms with E-state index in [2.05, 4.69) is 4.99 Å². The molecule has 0 atom stereocenters. The van der Waals surface area contributed by atoms with E-state index in [-0.39, 0.29) is 17.1 Å². The van der Waals surface area contributed by atoms with Gasteiger partial charge in [0, 0.05) is 62.8 Å². The van der Waals surface area contributed by atoms with Crippen molar-refractivity contribution in [2.75, 3.05) is 38.0 Å². The van der Waals surface area contributed by atoms with Crippen LogP contribution in [0.4, 0.5) is 11.4 Å². The van der Waals surface area contributed by atoms with Gasteiger partial charge in [0.25, 0.3) is 5.70 Å². The molecule has 0 aliphatic heterocycles. The van der Waals surface area contributed by atoms with Crippen LogP contribution in [0.25, 0.3) is 0 Å². The van der Waals surface area contributed by atoms with E-state index < -0.39 is 4.92 Å². The summed E-state index contributed by atoms with van der Waals surface area (Å²) in [4.78, 5) is 30.0. The van der Waals surface area contributed by atoms with Crippen molar-refractivity contribution in [3.05, 3.63) is 105 Å². The lowest BCUT2D eigenvalue weighted by molar-refractivity contribution is -0.419. The Balaban J connectivity index is 2.08. The van der Waals surface area contributed by atoms with Crippen LogP contribution >= 0.6 is 0 Å². The van der Waals surface area contributed by atoms with Crippen molar-refractivity contribution < 1.29 is 14.7 Å². The van der Waals surface area contributed by atoms with Crippen LogP contribution in [-0.2, 0) is 4.79 Å². The minimum absolute atomic E-state index is 0.125. The van der Waals surface area contributed by atoms with Crippen LogP contribution in [0.5, 0.6) is 0 Å². The summed E-state index contributed by atoms with van der Waals surface area (Å²) >= 11 is 0. The minimum atomic E-state index is -0.513. The van der Waals surface area contributed by atoms with Gasteiger partial charge < -0.3 is 9.80 Å². The molecule has 7 heteroatoms. The second-order valence-corrected chi connectivity index (χ2v) is 7.53. The maximum Gasteiger partial charge on any atom is 0.270 e. The smallest absolute Gasteiger partial charge is 0.270 e.